The molecule has 1 N–H and O–H groups in total. The zero-order valence-electron chi connectivity index (χ0n) is 10.2. The predicted octanol–water partition coefficient (Wildman–Crippen LogP) is 2.46. The Morgan fingerprint density at radius 3 is 3.00 bits per heavy atom. The lowest BCUT2D eigenvalue weighted by molar-refractivity contribution is 0.0696. The molecule has 19 heavy (non-hydrogen) atoms. The SMILES string of the molecule is O=C(O)c1cccc(Oc2ncnc3c2CCC3)c1. The first kappa shape index (κ1) is 11.6. The highest BCUT2D eigenvalue weighted by Gasteiger charge is 2.18. The van der Waals surface area contributed by atoms with Crippen LogP contribution < -0.4 is 4.74 Å². The summed E-state index contributed by atoms with van der Waals surface area (Å²) < 4.78 is 5.70. The highest BCUT2D eigenvalue weighted by Crippen LogP contribution is 2.30. The maximum atomic E-state index is 10.9. The Morgan fingerprint density at radius 1 is 1.26 bits per heavy atom. The van der Waals surface area contributed by atoms with Crippen LogP contribution in [0.4, 0.5) is 0 Å². The van der Waals surface area contributed by atoms with Gasteiger partial charge in [0.05, 0.1) is 11.3 Å². The van der Waals surface area contributed by atoms with E-state index in [-0.39, 0.29) is 5.56 Å². The van der Waals surface area contributed by atoms with Crippen LogP contribution in [-0.2, 0) is 12.8 Å². The predicted molar refractivity (Wildman–Crippen MR) is 67.5 cm³/mol. The minimum atomic E-state index is -0.974. The van der Waals surface area contributed by atoms with Crippen LogP contribution in [0.5, 0.6) is 11.6 Å². The van der Waals surface area contributed by atoms with Crippen LogP contribution in [0.1, 0.15) is 28.0 Å². The van der Waals surface area contributed by atoms with Gasteiger partial charge >= 0.3 is 5.97 Å². The average Bonchev–Trinajstić information content (AvgIpc) is 2.88. The van der Waals surface area contributed by atoms with Crippen LogP contribution >= 0.6 is 0 Å². The summed E-state index contributed by atoms with van der Waals surface area (Å²) in [5.41, 5.74) is 2.26. The second-order valence-corrected chi connectivity index (χ2v) is 4.39. The molecule has 0 unspecified atom stereocenters. The summed E-state index contributed by atoms with van der Waals surface area (Å²) in [4.78, 5) is 19.3. The van der Waals surface area contributed by atoms with Gasteiger partial charge in [-0.3, -0.25) is 0 Å². The Hall–Kier alpha value is -2.43. The molecule has 0 amide bonds. The molecule has 0 bridgehead atoms. The van der Waals surface area contributed by atoms with Crippen molar-refractivity contribution in [3.8, 4) is 11.6 Å². The van der Waals surface area contributed by atoms with E-state index in [9.17, 15) is 4.79 Å². The van der Waals surface area contributed by atoms with E-state index in [0.29, 0.717) is 11.6 Å². The van der Waals surface area contributed by atoms with Gasteiger partial charge in [-0.2, -0.15) is 0 Å². The molecule has 0 aliphatic heterocycles. The molecule has 0 fully saturated rings. The minimum Gasteiger partial charge on any atom is -0.478 e. The van der Waals surface area contributed by atoms with Gasteiger partial charge in [0.25, 0.3) is 0 Å². The van der Waals surface area contributed by atoms with E-state index in [0.717, 1.165) is 30.5 Å². The van der Waals surface area contributed by atoms with E-state index in [1.165, 1.54) is 18.5 Å². The molecule has 1 aromatic carbocycles. The number of rotatable bonds is 3. The number of aromatic carboxylic acids is 1. The van der Waals surface area contributed by atoms with Crippen molar-refractivity contribution >= 4 is 5.97 Å². The molecule has 5 nitrogen and oxygen atoms in total. The molecule has 0 atom stereocenters. The van der Waals surface area contributed by atoms with E-state index >= 15 is 0 Å². The average molecular weight is 256 g/mol. The van der Waals surface area contributed by atoms with Gasteiger partial charge in [-0.15, -0.1) is 0 Å². The van der Waals surface area contributed by atoms with Gasteiger partial charge in [-0.05, 0) is 37.5 Å². The number of carboxylic acid groups (broad SMARTS) is 1. The van der Waals surface area contributed by atoms with Crippen molar-refractivity contribution in [3.63, 3.8) is 0 Å². The highest BCUT2D eigenvalue weighted by molar-refractivity contribution is 5.88. The lowest BCUT2D eigenvalue weighted by Gasteiger charge is -2.08. The largest absolute Gasteiger partial charge is 0.478 e. The number of aryl methyl sites for hydroxylation is 1. The molecule has 0 saturated heterocycles. The molecular formula is C14H12N2O3. The molecule has 1 aliphatic rings. The number of aromatic nitrogens is 2. The molecule has 2 aromatic rings. The topological polar surface area (TPSA) is 72.3 Å². The van der Waals surface area contributed by atoms with Gasteiger partial charge in [0.2, 0.25) is 5.88 Å². The van der Waals surface area contributed by atoms with Gasteiger partial charge in [-0.25, -0.2) is 14.8 Å². The fourth-order valence-corrected chi connectivity index (χ4v) is 2.22. The van der Waals surface area contributed by atoms with Crippen molar-refractivity contribution in [2.24, 2.45) is 0 Å². The number of nitrogens with zero attached hydrogens (tertiary/aromatic N) is 2. The molecule has 96 valence electrons. The van der Waals surface area contributed by atoms with Crippen LogP contribution in [0.2, 0.25) is 0 Å². The zero-order chi connectivity index (χ0) is 13.2. The second kappa shape index (κ2) is 4.68. The molecule has 0 radical (unpaired) electrons. The number of fused-ring (bicyclic) bond motifs is 1. The number of benzene rings is 1. The van der Waals surface area contributed by atoms with Gasteiger partial charge in [0.15, 0.2) is 0 Å². The second-order valence-electron chi connectivity index (χ2n) is 4.39. The fourth-order valence-electron chi connectivity index (χ4n) is 2.22. The molecular weight excluding hydrogens is 244 g/mol. The third kappa shape index (κ3) is 2.27. The first-order valence-corrected chi connectivity index (χ1v) is 6.08. The van der Waals surface area contributed by atoms with Gasteiger partial charge in [0.1, 0.15) is 12.1 Å². The number of ether oxygens (including phenoxy) is 1. The lowest BCUT2D eigenvalue weighted by atomic mass is 10.2. The molecule has 1 aliphatic carbocycles. The Labute approximate surface area is 109 Å². The molecule has 0 saturated carbocycles. The molecule has 0 spiro atoms. The van der Waals surface area contributed by atoms with Crippen LogP contribution in [0.15, 0.2) is 30.6 Å². The molecule has 5 heteroatoms. The van der Waals surface area contributed by atoms with Crippen molar-refractivity contribution in [1.82, 2.24) is 9.97 Å². The number of carboxylic acids is 1. The van der Waals surface area contributed by atoms with Crippen LogP contribution in [0.3, 0.4) is 0 Å². The smallest absolute Gasteiger partial charge is 0.335 e. The minimum absolute atomic E-state index is 0.197. The van der Waals surface area contributed by atoms with Gasteiger partial charge in [-0.1, -0.05) is 6.07 Å². The van der Waals surface area contributed by atoms with Crippen molar-refractivity contribution in [1.29, 1.82) is 0 Å². The van der Waals surface area contributed by atoms with Crippen LogP contribution in [0.25, 0.3) is 0 Å². The first-order valence-electron chi connectivity index (χ1n) is 6.08. The number of hydrogen-bond donors (Lipinski definition) is 1. The maximum Gasteiger partial charge on any atom is 0.335 e. The third-order valence-corrected chi connectivity index (χ3v) is 3.13. The third-order valence-electron chi connectivity index (χ3n) is 3.13. The summed E-state index contributed by atoms with van der Waals surface area (Å²) in [5.74, 6) is 0.0381. The Morgan fingerprint density at radius 2 is 2.16 bits per heavy atom. The summed E-state index contributed by atoms with van der Waals surface area (Å²) in [6, 6.07) is 6.39. The van der Waals surface area contributed by atoms with Crippen molar-refractivity contribution < 1.29 is 14.6 Å². The van der Waals surface area contributed by atoms with Crippen molar-refractivity contribution in [2.45, 2.75) is 19.3 Å². The van der Waals surface area contributed by atoms with Gasteiger partial charge in [0, 0.05) is 5.56 Å². The summed E-state index contributed by atoms with van der Waals surface area (Å²) in [6.07, 6.45) is 4.40. The Balaban J connectivity index is 1.92. The van der Waals surface area contributed by atoms with Crippen molar-refractivity contribution in [2.75, 3.05) is 0 Å². The zero-order valence-corrected chi connectivity index (χ0v) is 10.2. The van der Waals surface area contributed by atoms with Crippen LogP contribution in [-0.4, -0.2) is 21.0 Å². The number of carbonyl (C=O) groups is 1. The molecule has 3 rings (SSSR count). The summed E-state index contributed by atoms with van der Waals surface area (Å²) in [7, 11) is 0. The summed E-state index contributed by atoms with van der Waals surface area (Å²) in [5, 5.41) is 8.95. The van der Waals surface area contributed by atoms with Crippen molar-refractivity contribution in [3.05, 3.63) is 47.4 Å². The standard InChI is InChI=1S/C14H12N2O3/c17-14(18)9-3-1-4-10(7-9)19-13-11-5-2-6-12(11)15-8-16-13/h1,3-4,7-8H,2,5-6H2,(H,17,18). The monoisotopic (exact) mass is 256 g/mol. The Kier molecular flexibility index (Phi) is 2.87. The quantitative estimate of drug-likeness (QED) is 0.913. The van der Waals surface area contributed by atoms with E-state index in [1.807, 2.05) is 0 Å². The van der Waals surface area contributed by atoms with E-state index in [1.54, 1.807) is 12.1 Å². The normalized spacial score (nSPS) is 13.1. The molecule has 1 aromatic heterocycles. The van der Waals surface area contributed by atoms with E-state index in [4.69, 9.17) is 9.84 Å². The number of hydrogen-bond acceptors (Lipinski definition) is 4. The fraction of sp³-hybridized carbons (Fsp3) is 0.214. The van der Waals surface area contributed by atoms with E-state index < -0.39 is 5.97 Å². The summed E-state index contributed by atoms with van der Waals surface area (Å²) in [6.45, 7) is 0. The van der Waals surface area contributed by atoms with E-state index in [2.05, 4.69) is 9.97 Å². The van der Waals surface area contributed by atoms with Crippen LogP contribution in [0, 0.1) is 0 Å². The lowest BCUT2D eigenvalue weighted by Crippen LogP contribution is -1.99. The summed E-state index contributed by atoms with van der Waals surface area (Å²) >= 11 is 0. The Bertz CT molecular complexity index is 640. The van der Waals surface area contributed by atoms with Gasteiger partial charge < -0.3 is 9.84 Å². The molecule has 1 heterocycles. The first-order chi connectivity index (χ1) is 9.24. The highest BCUT2D eigenvalue weighted by atomic mass is 16.5. The maximum absolute atomic E-state index is 10.9.